The number of hydrogen-bond donors (Lipinski definition) is 1. The number of H-pyrrole nitrogens is 1. The number of fused-ring (bicyclic) bond motifs is 1. The monoisotopic (exact) mass is 308 g/mol. The first-order valence-electron chi connectivity index (χ1n) is 6.15. The van der Waals surface area contributed by atoms with Crippen LogP contribution in [0.5, 0.6) is 0 Å². The standard InChI is InChI=1S/C15H11Cl2FN2/c1-8(13-11(16)4-5-12(18)14(13)17)10-7-20-15-9(10)3-2-6-19-15/h2-8H,1H3,(H,19,20)/t8-/m0/s1. The van der Waals surface area contributed by atoms with Crippen molar-refractivity contribution in [2.75, 3.05) is 0 Å². The predicted octanol–water partition coefficient (Wildman–Crippen LogP) is 5.16. The summed E-state index contributed by atoms with van der Waals surface area (Å²) in [5, 5.41) is 1.52. The molecule has 3 aromatic rings. The Morgan fingerprint density at radius 3 is 2.85 bits per heavy atom. The first kappa shape index (κ1) is 13.4. The van der Waals surface area contributed by atoms with Crippen molar-refractivity contribution in [2.45, 2.75) is 12.8 Å². The number of nitrogens with one attached hydrogen (secondary N) is 1. The molecule has 102 valence electrons. The average molecular weight is 309 g/mol. The number of halogens is 3. The summed E-state index contributed by atoms with van der Waals surface area (Å²) < 4.78 is 13.7. The Bertz CT molecular complexity index is 783. The molecule has 0 saturated carbocycles. The van der Waals surface area contributed by atoms with E-state index in [2.05, 4.69) is 9.97 Å². The molecule has 2 heterocycles. The highest BCUT2D eigenvalue weighted by molar-refractivity contribution is 6.36. The Hall–Kier alpha value is -1.58. The van der Waals surface area contributed by atoms with E-state index in [1.165, 1.54) is 12.1 Å². The van der Waals surface area contributed by atoms with Gasteiger partial charge in [0.05, 0.1) is 5.02 Å². The van der Waals surface area contributed by atoms with Crippen molar-refractivity contribution in [1.29, 1.82) is 0 Å². The van der Waals surface area contributed by atoms with Gasteiger partial charge >= 0.3 is 0 Å². The number of aromatic nitrogens is 2. The molecule has 0 aliphatic carbocycles. The van der Waals surface area contributed by atoms with Crippen LogP contribution < -0.4 is 0 Å². The van der Waals surface area contributed by atoms with Crippen LogP contribution in [0.25, 0.3) is 11.0 Å². The number of rotatable bonds is 2. The highest BCUT2D eigenvalue weighted by atomic mass is 35.5. The summed E-state index contributed by atoms with van der Waals surface area (Å²) in [4.78, 5) is 7.35. The summed E-state index contributed by atoms with van der Waals surface area (Å²) >= 11 is 12.3. The van der Waals surface area contributed by atoms with E-state index in [1.54, 1.807) is 6.20 Å². The minimum Gasteiger partial charge on any atom is -0.346 e. The Morgan fingerprint density at radius 2 is 2.05 bits per heavy atom. The summed E-state index contributed by atoms with van der Waals surface area (Å²) in [6.07, 6.45) is 3.58. The maximum atomic E-state index is 13.7. The number of aromatic amines is 1. The van der Waals surface area contributed by atoms with E-state index < -0.39 is 5.82 Å². The van der Waals surface area contributed by atoms with Crippen molar-refractivity contribution in [2.24, 2.45) is 0 Å². The molecule has 2 nitrogen and oxygen atoms in total. The van der Waals surface area contributed by atoms with Gasteiger partial charge in [0.25, 0.3) is 0 Å². The summed E-state index contributed by atoms with van der Waals surface area (Å²) in [7, 11) is 0. The zero-order valence-electron chi connectivity index (χ0n) is 10.6. The van der Waals surface area contributed by atoms with Gasteiger partial charge in [-0.25, -0.2) is 9.37 Å². The molecule has 1 atom stereocenters. The summed E-state index contributed by atoms with van der Waals surface area (Å²) in [6, 6.07) is 6.63. The van der Waals surface area contributed by atoms with Gasteiger partial charge in [-0.3, -0.25) is 0 Å². The molecule has 2 aromatic heterocycles. The quantitative estimate of drug-likeness (QED) is 0.651. The van der Waals surface area contributed by atoms with Gasteiger partial charge < -0.3 is 4.98 Å². The van der Waals surface area contributed by atoms with Crippen molar-refractivity contribution in [3.8, 4) is 0 Å². The van der Waals surface area contributed by atoms with Crippen LogP contribution in [-0.2, 0) is 0 Å². The fourth-order valence-corrected chi connectivity index (χ4v) is 3.13. The molecule has 0 bridgehead atoms. The summed E-state index contributed by atoms with van der Waals surface area (Å²) in [5.74, 6) is -0.598. The van der Waals surface area contributed by atoms with Crippen LogP contribution in [0.15, 0.2) is 36.7 Å². The molecule has 1 aromatic carbocycles. The summed E-state index contributed by atoms with van der Waals surface area (Å²) in [6.45, 7) is 1.95. The SMILES string of the molecule is C[C@H](c1c(Cl)ccc(F)c1Cl)c1c[nH]c2ncccc12. The van der Waals surface area contributed by atoms with Gasteiger partial charge in [0.2, 0.25) is 0 Å². The molecule has 0 aliphatic rings. The largest absolute Gasteiger partial charge is 0.346 e. The maximum Gasteiger partial charge on any atom is 0.142 e. The fraction of sp³-hybridized carbons (Fsp3) is 0.133. The van der Waals surface area contributed by atoms with Crippen LogP contribution in [-0.4, -0.2) is 9.97 Å². The second kappa shape index (κ2) is 5.08. The molecule has 0 saturated heterocycles. The van der Waals surface area contributed by atoms with Gasteiger partial charge in [-0.05, 0) is 35.4 Å². The van der Waals surface area contributed by atoms with Gasteiger partial charge in [0.1, 0.15) is 11.5 Å². The number of hydrogen-bond acceptors (Lipinski definition) is 1. The molecular weight excluding hydrogens is 298 g/mol. The van der Waals surface area contributed by atoms with Crippen molar-refractivity contribution < 1.29 is 4.39 Å². The Kier molecular flexibility index (Phi) is 3.40. The van der Waals surface area contributed by atoms with E-state index in [4.69, 9.17) is 23.2 Å². The maximum absolute atomic E-state index is 13.7. The van der Waals surface area contributed by atoms with Gasteiger partial charge in [-0.1, -0.05) is 30.1 Å². The Labute approximate surface area is 125 Å². The Morgan fingerprint density at radius 1 is 1.25 bits per heavy atom. The second-order valence-electron chi connectivity index (χ2n) is 4.62. The predicted molar refractivity (Wildman–Crippen MR) is 80.0 cm³/mol. The first-order chi connectivity index (χ1) is 9.59. The van der Waals surface area contributed by atoms with Crippen molar-refractivity contribution in [1.82, 2.24) is 9.97 Å². The lowest BCUT2D eigenvalue weighted by molar-refractivity contribution is 0.625. The Balaban J connectivity index is 2.18. The molecule has 0 aliphatic heterocycles. The van der Waals surface area contributed by atoms with E-state index in [9.17, 15) is 4.39 Å². The molecule has 3 rings (SSSR count). The average Bonchev–Trinajstić information content (AvgIpc) is 2.87. The van der Waals surface area contributed by atoms with Crippen LogP contribution in [0.4, 0.5) is 4.39 Å². The first-order valence-corrected chi connectivity index (χ1v) is 6.90. The van der Waals surface area contributed by atoms with E-state index in [-0.39, 0.29) is 10.9 Å². The highest BCUT2D eigenvalue weighted by Crippen LogP contribution is 2.38. The lowest BCUT2D eigenvalue weighted by Gasteiger charge is -2.15. The molecule has 0 amide bonds. The topological polar surface area (TPSA) is 28.7 Å². The van der Waals surface area contributed by atoms with Crippen LogP contribution in [0, 0.1) is 5.82 Å². The minimum atomic E-state index is -0.462. The van der Waals surface area contributed by atoms with Crippen molar-refractivity contribution >= 4 is 34.2 Å². The number of nitrogens with zero attached hydrogens (tertiary/aromatic N) is 1. The number of pyridine rings is 1. The number of benzene rings is 1. The molecule has 5 heteroatoms. The smallest absolute Gasteiger partial charge is 0.142 e. The third-order valence-electron chi connectivity index (χ3n) is 3.46. The lowest BCUT2D eigenvalue weighted by atomic mass is 9.93. The zero-order chi connectivity index (χ0) is 14.3. The third-order valence-corrected chi connectivity index (χ3v) is 4.18. The van der Waals surface area contributed by atoms with E-state index in [0.717, 1.165) is 16.6 Å². The van der Waals surface area contributed by atoms with Gasteiger partial charge in [-0.15, -0.1) is 0 Å². The van der Waals surface area contributed by atoms with Crippen LogP contribution in [0.1, 0.15) is 24.0 Å². The fourth-order valence-electron chi connectivity index (χ4n) is 2.43. The molecule has 0 unspecified atom stereocenters. The molecule has 0 spiro atoms. The molecule has 1 N–H and O–H groups in total. The van der Waals surface area contributed by atoms with Crippen molar-refractivity contribution in [3.63, 3.8) is 0 Å². The van der Waals surface area contributed by atoms with Crippen LogP contribution >= 0.6 is 23.2 Å². The molecule has 0 fully saturated rings. The second-order valence-corrected chi connectivity index (χ2v) is 5.41. The van der Waals surface area contributed by atoms with Gasteiger partial charge in [0, 0.05) is 28.7 Å². The molecule has 20 heavy (non-hydrogen) atoms. The summed E-state index contributed by atoms with van der Waals surface area (Å²) in [5.41, 5.74) is 2.37. The van der Waals surface area contributed by atoms with E-state index in [0.29, 0.717) is 10.6 Å². The molecular formula is C15H11Cl2FN2. The van der Waals surface area contributed by atoms with E-state index >= 15 is 0 Å². The highest BCUT2D eigenvalue weighted by Gasteiger charge is 2.21. The van der Waals surface area contributed by atoms with Crippen LogP contribution in [0.3, 0.4) is 0 Å². The van der Waals surface area contributed by atoms with Crippen molar-refractivity contribution in [3.05, 3.63) is 63.6 Å². The third kappa shape index (κ3) is 2.07. The van der Waals surface area contributed by atoms with Gasteiger partial charge in [0.15, 0.2) is 0 Å². The van der Waals surface area contributed by atoms with Gasteiger partial charge in [-0.2, -0.15) is 0 Å². The van der Waals surface area contributed by atoms with Crippen LogP contribution in [0.2, 0.25) is 10.0 Å². The zero-order valence-corrected chi connectivity index (χ0v) is 12.1. The lowest BCUT2D eigenvalue weighted by Crippen LogP contribution is -1.99. The normalized spacial score (nSPS) is 12.8. The minimum absolute atomic E-state index is 0.0724. The molecule has 0 radical (unpaired) electrons. The van der Waals surface area contributed by atoms with E-state index in [1.807, 2.05) is 25.3 Å².